The Kier molecular flexibility index (Phi) is 3.55. The molecule has 4 bridgehead atoms. The Hall–Kier alpha value is -1.64. The van der Waals surface area contributed by atoms with E-state index in [4.69, 9.17) is 4.74 Å². The fourth-order valence-corrected chi connectivity index (χ4v) is 5.62. The van der Waals surface area contributed by atoms with Crippen LogP contribution in [0, 0.1) is 30.1 Å². The molecule has 4 fully saturated rings. The quantitative estimate of drug-likeness (QED) is 0.791. The van der Waals surface area contributed by atoms with Gasteiger partial charge in [0.15, 0.2) is 12.4 Å². The highest BCUT2D eigenvalue weighted by Crippen LogP contribution is 2.60. The van der Waals surface area contributed by atoms with Crippen molar-refractivity contribution in [3.05, 3.63) is 35.4 Å². The number of Topliss-reactive ketones (excluding diaryl/α,β-unsaturated/α-hetero) is 1. The molecule has 4 aliphatic carbocycles. The fourth-order valence-electron chi connectivity index (χ4n) is 5.62. The molecule has 3 nitrogen and oxygen atoms in total. The molecule has 0 spiro atoms. The van der Waals surface area contributed by atoms with Gasteiger partial charge < -0.3 is 4.74 Å². The van der Waals surface area contributed by atoms with Crippen molar-refractivity contribution in [2.45, 2.75) is 45.4 Å². The molecule has 0 saturated heterocycles. The number of hydrogen-bond donors (Lipinski definition) is 0. The second-order valence-corrected chi connectivity index (χ2v) is 8.01. The predicted molar refractivity (Wildman–Crippen MR) is 87.1 cm³/mol. The average Bonchev–Trinajstić information content (AvgIpc) is 2.51. The van der Waals surface area contributed by atoms with Crippen LogP contribution in [0.1, 0.15) is 54.4 Å². The van der Waals surface area contributed by atoms with Gasteiger partial charge in [-0.05, 0) is 74.8 Å². The average molecular weight is 312 g/mol. The van der Waals surface area contributed by atoms with Crippen molar-refractivity contribution in [2.75, 3.05) is 6.61 Å². The second-order valence-electron chi connectivity index (χ2n) is 8.01. The van der Waals surface area contributed by atoms with E-state index in [1.807, 2.05) is 25.1 Å². The maximum Gasteiger partial charge on any atom is 0.338 e. The van der Waals surface area contributed by atoms with Crippen molar-refractivity contribution in [3.8, 4) is 0 Å². The summed E-state index contributed by atoms with van der Waals surface area (Å²) in [5.41, 5.74) is 1.27. The number of hydrogen-bond acceptors (Lipinski definition) is 3. The standard InChI is InChI=1S/C20H24O3/c1-13-4-2-3-5-17(13)19(22)23-12-18(21)20-9-14-6-15(10-20)8-16(7-14)11-20/h2-5,14-16H,6-12H2,1H3. The van der Waals surface area contributed by atoms with E-state index >= 15 is 0 Å². The first kappa shape index (κ1) is 14.9. The van der Waals surface area contributed by atoms with E-state index in [1.165, 1.54) is 19.3 Å². The number of aryl methyl sites for hydroxylation is 1. The van der Waals surface area contributed by atoms with Gasteiger partial charge in [0.25, 0.3) is 0 Å². The number of rotatable bonds is 4. The highest BCUT2D eigenvalue weighted by atomic mass is 16.5. The van der Waals surface area contributed by atoms with Gasteiger partial charge >= 0.3 is 5.97 Å². The lowest BCUT2D eigenvalue weighted by Crippen LogP contribution is -2.51. The van der Waals surface area contributed by atoms with E-state index in [-0.39, 0.29) is 23.8 Å². The molecule has 0 heterocycles. The number of benzene rings is 1. The number of ether oxygens (including phenoxy) is 1. The van der Waals surface area contributed by atoms with Crippen molar-refractivity contribution < 1.29 is 14.3 Å². The molecule has 1 aromatic carbocycles. The minimum atomic E-state index is -0.374. The molecule has 4 saturated carbocycles. The zero-order valence-electron chi connectivity index (χ0n) is 13.7. The molecule has 0 aromatic heterocycles. The molecule has 0 aliphatic heterocycles. The third-order valence-electron chi connectivity index (χ3n) is 6.33. The van der Waals surface area contributed by atoms with Crippen LogP contribution in [0.25, 0.3) is 0 Å². The topological polar surface area (TPSA) is 43.4 Å². The predicted octanol–water partition coefficient (Wildman–Crippen LogP) is 3.94. The van der Waals surface area contributed by atoms with E-state index in [9.17, 15) is 9.59 Å². The van der Waals surface area contributed by atoms with Crippen LogP contribution >= 0.6 is 0 Å². The first-order valence-corrected chi connectivity index (χ1v) is 8.82. The molecule has 0 amide bonds. The largest absolute Gasteiger partial charge is 0.454 e. The Labute approximate surface area is 137 Å². The summed E-state index contributed by atoms with van der Waals surface area (Å²) in [7, 11) is 0. The van der Waals surface area contributed by atoms with Crippen molar-refractivity contribution in [2.24, 2.45) is 23.2 Å². The number of esters is 1. The summed E-state index contributed by atoms with van der Waals surface area (Å²) in [6, 6.07) is 7.36. The molecule has 1 aromatic rings. The lowest BCUT2D eigenvalue weighted by molar-refractivity contribution is -0.147. The summed E-state index contributed by atoms with van der Waals surface area (Å²) in [6.45, 7) is 1.83. The van der Waals surface area contributed by atoms with Crippen LogP contribution in [0.2, 0.25) is 0 Å². The van der Waals surface area contributed by atoms with Gasteiger partial charge in [0, 0.05) is 5.41 Å². The molecule has 0 atom stereocenters. The molecule has 0 radical (unpaired) electrons. The molecule has 5 rings (SSSR count). The van der Waals surface area contributed by atoms with Crippen molar-refractivity contribution in [3.63, 3.8) is 0 Å². The number of carbonyl (C=O) groups excluding carboxylic acids is 2. The van der Waals surface area contributed by atoms with Gasteiger partial charge in [-0.2, -0.15) is 0 Å². The smallest absolute Gasteiger partial charge is 0.338 e. The third kappa shape index (κ3) is 2.60. The zero-order chi connectivity index (χ0) is 16.0. The minimum absolute atomic E-state index is 0.0562. The van der Waals surface area contributed by atoms with Gasteiger partial charge in [-0.25, -0.2) is 4.79 Å². The Morgan fingerprint density at radius 2 is 1.61 bits per heavy atom. The van der Waals surface area contributed by atoms with Crippen LogP contribution in [-0.2, 0) is 9.53 Å². The highest BCUT2D eigenvalue weighted by Gasteiger charge is 2.54. The molecule has 23 heavy (non-hydrogen) atoms. The summed E-state index contributed by atoms with van der Waals surface area (Å²) < 4.78 is 5.37. The fraction of sp³-hybridized carbons (Fsp3) is 0.600. The van der Waals surface area contributed by atoms with Crippen molar-refractivity contribution >= 4 is 11.8 Å². The van der Waals surface area contributed by atoms with Crippen LogP contribution in [0.5, 0.6) is 0 Å². The van der Waals surface area contributed by atoms with Gasteiger partial charge in [0.2, 0.25) is 0 Å². The monoisotopic (exact) mass is 312 g/mol. The van der Waals surface area contributed by atoms with Gasteiger partial charge in [-0.1, -0.05) is 18.2 Å². The molecule has 4 aliphatic rings. The summed E-state index contributed by atoms with van der Waals surface area (Å²) in [4.78, 5) is 25.1. The zero-order valence-corrected chi connectivity index (χ0v) is 13.7. The third-order valence-corrected chi connectivity index (χ3v) is 6.33. The summed E-state index contributed by atoms with van der Waals surface area (Å²) >= 11 is 0. The maximum atomic E-state index is 12.8. The molecule has 122 valence electrons. The van der Waals surface area contributed by atoms with E-state index in [0.29, 0.717) is 5.56 Å². The Morgan fingerprint density at radius 3 is 2.17 bits per heavy atom. The number of carbonyl (C=O) groups is 2. The van der Waals surface area contributed by atoms with E-state index in [2.05, 4.69) is 0 Å². The van der Waals surface area contributed by atoms with Gasteiger partial charge in [0.1, 0.15) is 0 Å². The molecule has 3 heteroatoms. The van der Waals surface area contributed by atoms with Crippen LogP contribution in [0.4, 0.5) is 0 Å². The van der Waals surface area contributed by atoms with E-state index < -0.39 is 0 Å². The summed E-state index contributed by atoms with van der Waals surface area (Å²) in [6.07, 6.45) is 7.03. The Bertz CT molecular complexity index is 611. The number of ketones is 1. The Balaban J connectivity index is 1.43. The molecule has 0 unspecified atom stereocenters. The first-order valence-electron chi connectivity index (χ1n) is 8.82. The van der Waals surface area contributed by atoms with Crippen molar-refractivity contribution in [1.82, 2.24) is 0 Å². The second kappa shape index (κ2) is 5.47. The minimum Gasteiger partial charge on any atom is -0.454 e. The molecular formula is C20H24O3. The Morgan fingerprint density at radius 1 is 1.04 bits per heavy atom. The lowest BCUT2D eigenvalue weighted by Gasteiger charge is -2.55. The van der Waals surface area contributed by atoms with Crippen LogP contribution in [-0.4, -0.2) is 18.4 Å². The highest BCUT2D eigenvalue weighted by molar-refractivity contribution is 5.94. The van der Waals surface area contributed by atoms with Crippen LogP contribution in [0.3, 0.4) is 0 Å². The van der Waals surface area contributed by atoms with Crippen LogP contribution < -0.4 is 0 Å². The first-order chi connectivity index (χ1) is 11.1. The molecule has 0 N–H and O–H groups in total. The SMILES string of the molecule is Cc1ccccc1C(=O)OCC(=O)C12CC3CC(CC(C3)C1)C2. The van der Waals surface area contributed by atoms with Crippen LogP contribution in [0.15, 0.2) is 24.3 Å². The normalized spacial score (nSPS) is 34.4. The lowest BCUT2D eigenvalue weighted by atomic mass is 9.48. The van der Waals surface area contributed by atoms with Gasteiger partial charge in [0.05, 0.1) is 5.56 Å². The van der Waals surface area contributed by atoms with E-state index in [0.717, 1.165) is 42.6 Å². The summed E-state index contributed by atoms with van der Waals surface area (Å²) in [5, 5.41) is 0. The van der Waals surface area contributed by atoms with Gasteiger partial charge in [-0.15, -0.1) is 0 Å². The van der Waals surface area contributed by atoms with Gasteiger partial charge in [-0.3, -0.25) is 4.79 Å². The molecular weight excluding hydrogens is 288 g/mol. The van der Waals surface area contributed by atoms with Crippen molar-refractivity contribution in [1.29, 1.82) is 0 Å². The van der Waals surface area contributed by atoms with E-state index in [1.54, 1.807) is 6.07 Å². The maximum absolute atomic E-state index is 12.8. The summed E-state index contributed by atoms with van der Waals surface area (Å²) in [5.74, 6) is 1.99.